The number of aromatic amines is 1. The van der Waals surface area contributed by atoms with Crippen LogP contribution in [0.1, 0.15) is 239 Å². The Morgan fingerprint density at radius 2 is 1.13 bits per heavy atom. The van der Waals surface area contributed by atoms with Crippen LogP contribution in [0.25, 0.3) is 11.2 Å². The van der Waals surface area contributed by atoms with Crippen molar-refractivity contribution in [3.05, 3.63) is 16.7 Å². The van der Waals surface area contributed by atoms with Crippen molar-refractivity contribution >= 4 is 28.9 Å². The highest BCUT2D eigenvalue weighted by molar-refractivity contribution is 5.78. The zero-order chi connectivity index (χ0) is 43.3. The molecule has 10 heteroatoms. The number of nitrogens with one attached hydrogen (secondary N) is 1. The largest absolute Gasteiger partial charge is 0.466 e. The topological polar surface area (TPSA) is 136 Å². The summed E-state index contributed by atoms with van der Waals surface area (Å²) >= 11 is 0. The Kier molecular flexibility index (Phi) is 32.8. The number of imidazole rings is 1. The van der Waals surface area contributed by atoms with E-state index in [1.807, 2.05) is 4.57 Å². The molecule has 0 amide bonds. The highest BCUT2D eigenvalue weighted by Gasteiger charge is 2.15. The number of carbonyl (C=O) groups is 2. The van der Waals surface area contributed by atoms with Crippen LogP contribution in [0.15, 0.2) is 11.1 Å². The van der Waals surface area contributed by atoms with E-state index in [4.69, 9.17) is 10.5 Å². The van der Waals surface area contributed by atoms with Crippen LogP contribution in [-0.2, 0) is 20.9 Å². The van der Waals surface area contributed by atoms with E-state index in [9.17, 15) is 14.4 Å². The summed E-state index contributed by atoms with van der Waals surface area (Å²) in [5.41, 5.74) is 6.39. The van der Waals surface area contributed by atoms with Crippen molar-refractivity contribution in [2.45, 2.75) is 246 Å². The highest BCUT2D eigenvalue weighted by Crippen LogP contribution is 2.24. The third-order valence-corrected chi connectivity index (χ3v) is 12.4. The SMILES string of the molecule is CCCCCCCCOC(=O)CCCCCCCN(CCCCCCCC(=O)CC(CCCCCCCC)CCCCCCCC)CCCn1cnc2c(=O)[nH]c(N)nc21. The van der Waals surface area contributed by atoms with Crippen LogP contribution in [0.4, 0.5) is 5.95 Å². The molecule has 0 aromatic carbocycles. The zero-order valence-corrected chi connectivity index (χ0v) is 39.2. The van der Waals surface area contributed by atoms with E-state index < -0.39 is 0 Å². The number of anilines is 1. The number of nitrogens with zero attached hydrogens (tertiary/aromatic N) is 4. The molecule has 0 aliphatic rings. The number of unbranched alkanes of at least 4 members (excludes halogenated alkanes) is 23. The number of ketones is 1. The van der Waals surface area contributed by atoms with Crippen molar-refractivity contribution in [2.75, 3.05) is 32.0 Å². The van der Waals surface area contributed by atoms with Crippen molar-refractivity contribution in [3.8, 4) is 0 Å². The summed E-state index contributed by atoms with van der Waals surface area (Å²) in [4.78, 5) is 51.2. The summed E-state index contributed by atoms with van der Waals surface area (Å²) in [6.07, 6.45) is 41.5. The first kappa shape index (κ1) is 53.4. The summed E-state index contributed by atoms with van der Waals surface area (Å²) in [5, 5.41) is 0. The number of ether oxygens (including phenoxy) is 1. The first-order chi connectivity index (χ1) is 29.4. The molecule has 0 spiro atoms. The van der Waals surface area contributed by atoms with E-state index in [2.05, 4.69) is 40.6 Å². The van der Waals surface area contributed by atoms with Gasteiger partial charge in [0.2, 0.25) is 5.95 Å². The van der Waals surface area contributed by atoms with Crippen molar-refractivity contribution in [3.63, 3.8) is 0 Å². The number of H-pyrrole nitrogens is 1. The van der Waals surface area contributed by atoms with Crippen LogP contribution in [0.3, 0.4) is 0 Å². The molecule has 2 aromatic heterocycles. The molecule has 2 rings (SSSR count). The van der Waals surface area contributed by atoms with E-state index in [0.717, 1.165) is 110 Å². The number of hydrogen-bond acceptors (Lipinski definition) is 8. The molecule has 60 heavy (non-hydrogen) atoms. The number of fused-ring (bicyclic) bond motifs is 1. The van der Waals surface area contributed by atoms with Gasteiger partial charge in [0.1, 0.15) is 5.78 Å². The Bertz CT molecular complexity index is 1380. The minimum absolute atomic E-state index is 0.0410. The molecular weight excluding hydrogens is 749 g/mol. The Labute approximate surface area is 366 Å². The lowest BCUT2D eigenvalue weighted by molar-refractivity contribution is -0.143. The molecule has 0 saturated carbocycles. The maximum Gasteiger partial charge on any atom is 0.305 e. The Hall–Kier alpha value is -2.75. The second kappa shape index (κ2) is 36.9. The second-order valence-corrected chi connectivity index (χ2v) is 18.0. The highest BCUT2D eigenvalue weighted by atomic mass is 16.5. The molecule has 0 unspecified atom stereocenters. The summed E-state index contributed by atoms with van der Waals surface area (Å²) in [6.45, 7) is 11.2. The number of aryl methyl sites for hydroxylation is 1. The molecule has 0 fully saturated rings. The van der Waals surface area contributed by atoms with Crippen molar-refractivity contribution in [1.29, 1.82) is 0 Å². The minimum Gasteiger partial charge on any atom is -0.466 e. The number of carbonyl (C=O) groups excluding carboxylic acids is 2. The van der Waals surface area contributed by atoms with Gasteiger partial charge in [0.15, 0.2) is 11.2 Å². The smallest absolute Gasteiger partial charge is 0.305 e. The van der Waals surface area contributed by atoms with E-state index in [0.29, 0.717) is 35.9 Å². The van der Waals surface area contributed by atoms with Gasteiger partial charge < -0.3 is 19.9 Å². The third kappa shape index (κ3) is 27.2. The first-order valence-electron chi connectivity index (χ1n) is 25.5. The van der Waals surface area contributed by atoms with E-state index in [1.54, 1.807) is 6.33 Å². The van der Waals surface area contributed by atoms with Gasteiger partial charge in [-0.05, 0) is 64.1 Å². The molecular formula is C50H92N6O4. The Morgan fingerprint density at radius 3 is 1.72 bits per heavy atom. The van der Waals surface area contributed by atoms with Gasteiger partial charge in [-0.2, -0.15) is 4.98 Å². The molecule has 2 heterocycles. The summed E-state index contributed by atoms with van der Waals surface area (Å²) in [6, 6.07) is 0. The van der Waals surface area contributed by atoms with E-state index >= 15 is 0 Å². The maximum absolute atomic E-state index is 13.1. The number of aromatic nitrogens is 4. The molecule has 3 N–H and O–H groups in total. The van der Waals surface area contributed by atoms with Gasteiger partial charge in [-0.1, -0.05) is 181 Å². The molecule has 0 saturated heterocycles. The first-order valence-corrected chi connectivity index (χ1v) is 25.5. The summed E-state index contributed by atoms with van der Waals surface area (Å²) in [5.74, 6) is 1.16. The van der Waals surface area contributed by atoms with E-state index in [-0.39, 0.29) is 17.5 Å². The van der Waals surface area contributed by atoms with Crippen LogP contribution in [0.5, 0.6) is 0 Å². The number of nitrogen functional groups attached to an aromatic ring is 1. The molecule has 0 aliphatic heterocycles. The molecule has 0 bridgehead atoms. The Morgan fingerprint density at radius 1 is 0.650 bits per heavy atom. The number of hydrogen-bond donors (Lipinski definition) is 2. The zero-order valence-electron chi connectivity index (χ0n) is 39.2. The van der Waals surface area contributed by atoms with Crippen LogP contribution in [0, 0.1) is 5.92 Å². The lowest BCUT2D eigenvalue weighted by Gasteiger charge is -2.22. The van der Waals surface area contributed by atoms with Gasteiger partial charge >= 0.3 is 5.97 Å². The summed E-state index contributed by atoms with van der Waals surface area (Å²) in [7, 11) is 0. The molecule has 10 nitrogen and oxygen atoms in total. The van der Waals surface area contributed by atoms with Crippen LogP contribution >= 0.6 is 0 Å². The molecule has 0 aliphatic carbocycles. The van der Waals surface area contributed by atoms with Crippen LogP contribution < -0.4 is 11.3 Å². The number of nitrogens with two attached hydrogens (primary N) is 1. The Balaban J connectivity index is 1.71. The number of rotatable bonds is 43. The average Bonchev–Trinajstić information content (AvgIpc) is 3.64. The minimum atomic E-state index is -0.302. The van der Waals surface area contributed by atoms with Gasteiger partial charge in [0.25, 0.3) is 5.56 Å². The van der Waals surface area contributed by atoms with E-state index in [1.165, 1.54) is 128 Å². The molecule has 2 aromatic rings. The lowest BCUT2D eigenvalue weighted by Crippen LogP contribution is -2.28. The van der Waals surface area contributed by atoms with Crippen LogP contribution in [-0.4, -0.2) is 62.4 Å². The quantitative estimate of drug-likeness (QED) is 0.0497. The van der Waals surface area contributed by atoms with Crippen molar-refractivity contribution < 1.29 is 14.3 Å². The number of esters is 1. The molecule has 0 atom stereocenters. The van der Waals surface area contributed by atoms with Crippen LogP contribution in [0.2, 0.25) is 0 Å². The fourth-order valence-electron chi connectivity index (χ4n) is 8.60. The van der Waals surface area contributed by atoms with Crippen molar-refractivity contribution in [1.82, 2.24) is 24.4 Å². The molecule has 346 valence electrons. The monoisotopic (exact) mass is 841 g/mol. The summed E-state index contributed by atoms with van der Waals surface area (Å²) < 4.78 is 7.39. The third-order valence-electron chi connectivity index (χ3n) is 12.4. The predicted octanol–water partition coefficient (Wildman–Crippen LogP) is 13.1. The fourth-order valence-corrected chi connectivity index (χ4v) is 8.60. The predicted molar refractivity (Wildman–Crippen MR) is 252 cm³/mol. The molecule has 0 radical (unpaired) electrons. The average molecular weight is 841 g/mol. The van der Waals surface area contributed by atoms with Gasteiger partial charge in [0, 0.05) is 25.8 Å². The van der Waals surface area contributed by atoms with Gasteiger partial charge in [-0.25, -0.2) is 4.98 Å². The van der Waals surface area contributed by atoms with Gasteiger partial charge in [0.05, 0.1) is 12.9 Å². The van der Waals surface area contributed by atoms with Crippen molar-refractivity contribution in [2.24, 2.45) is 5.92 Å². The fraction of sp³-hybridized carbons (Fsp3) is 0.860. The van der Waals surface area contributed by atoms with Gasteiger partial charge in [-0.15, -0.1) is 0 Å². The number of Topliss-reactive ketones (excluding diaryl/α,β-unsaturated/α-hetero) is 1. The normalized spacial score (nSPS) is 11.8. The van der Waals surface area contributed by atoms with Gasteiger partial charge in [-0.3, -0.25) is 19.4 Å². The standard InChI is InChI=1S/C50H92N6O4/c1-4-7-10-13-18-25-33-44(34-26-19-14-11-8-5-2)42-45(57)35-27-20-16-22-29-37-55(39-32-40-56-43-52-47-48(56)53-50(51)54-49(47)59)38-30-23-17-21-28-36-46(58)60-41-31-24-15-12-9-6-3/h43-44H,4-42H2,1-3H3,(H3,51,53,54,59). The maximum atomic E-state index is 13.1. The second-order valence-electron chi connectivity index (χ2n) is 18.0. The lowest BCUT2D eigenvalue weighted by atomic mass is 9.89.